The molecule has 0 fully saturated rings. The van der Waals surface area contributed by atoms with Crippen LogP contribution in [0.2, 0.25) is 0 Å². The Kier molecular flexibility index (Phi) is 5.87. The fourth-order valence-electron chi connectivity index (χ4n) is 1.57. The van der Waals surface area contributed by atoms with Crippen LogP contribution in [0.3, 0.4) is 0 Å². The van der Waals surface area contributed by atoms with E-state index in [0.29, 0.717) is 16.4 Å². The molecule has 0 radical (unpaired) electrons. The van der Waals surface area contributed by atoms with Crippen molar-refractivity contribution in [1.82, 2.24) is 4.98 Å². The van der Waals surface area contributed by atoms with E-state index < -0.39 is 6.04 Å². The van der Waals surface area contributed by atoms with Crippen LogP contribution in [-0.4, -0.2) is 28.4 Å². The lowest BCUT2D eigenvalue weighted by molar-refractivity contribution is -0.116. The van der Waals surface area contributed by atoms with Gasteiger partial charge in [-0.3, -0.25) is 4.79 Å². The first-order valence-electron chi connectivity index (χ1n) is 6.25. The normalized spacial score (nSPS) is 12.0. The lowest BCUT2D eigenvalue weighted by Gasteiger charge is -2.11. The highest BCUT2D eigenvalue weighted by molar-refractivity contribution is 8.76. The third-order valence-electron chi connectivity index (χ3n) is 2.54. The molecule has 0 aliphatic heterocycles. The van der Waals surface area contributed by atoms with Crippen molar-refractivity contribution in [3.63, 3.8) is 0 Å². The first-order chi connectivity index (χ1) is 10.1. The van der Waals surface area contributed by atoms with Crippen molar-refractivity contribution >= 4 is 54.7 Å². The number of fused-ring (bicyclic) bond motifs is 1. The predicted molar refractivity (Wildman–Crippen MR) is 91.5 cm³/mol. The van der Waals surface area contributed by atoms with Crippen LogP contribution < -0.4 is 11.1 Å². The van der Waals surface area contributed by atoms with Crippen LogP contribution in [-0.2, 0) is 4.79 Å². The number of hydrogen-bond donors (Lipinski definition) is 2. The summed E-state index contributed by atoms with van der Waals surface area (Å²) >= 11 is 1.30. The highest BCUT2D eigenvalue weighted by Gasteiger charge is 2.14. The number of nitrogens with zero attached hydrogens (tertiary/aromatic N) is 2. The van der Waals surface area contributed by atoms with Crippen LogP contribution in [0.25, 0.3) is 10.2 Å². The molecule has 110 valence electrons. The molecule has 0 bridgehead atoms. The summed E-state index contributed by atoms with van der Waals surface area (Å²) in [7, 11) is 3.28. The van der Waals surface area contributed by atoms with Gasteiger partial charge in [-0.05, 0) is 18.2 Å². The van der Waals surface area contributed by atoms with Crippen molar-refractivity contribution in [3.05, 3.63) is 23.2 Å². The number of rotatable bonds is 6. The Morgan fingerprint density at radius 1 is 1.57 bits per heavy atom. The summed E-state index contributed by atoms with van der Waals surface area (Å²) in [6.07, 6.45) is 0. The van der Waals surface area contributed by atoms with Gasteiger partial charge in [0.15, 0.2) is 5.01 Å². The Bertz CT molecular complexity index is 680. The summed E-state index contributed by atoms with van der Waals surface area (Å²) < 4.78 is 0.869. The number of carbonyl (C=O) groups excluding carboxylic acids is 1. The number of carbonyl (C=O) groups is 1. The van der Waals surface area contributed by atoms with Gasteiger partial charge < -0.3 is 11.1 Å². The third kappa shape index (κ3) is 4.35. The van der Waals surface area contributed by atoms with E-state index in [1.807, 2.05) is 12.1 Å². The second-order valence-corrected chi connectivity index (χ2v) is 7.93. The Labute approximate surface area is 134 Å². The summed E-state index contributed by atoms with van der Waals surface area (Å²) in [5.41, 5.74) is 7.27. The van der Waals surface area contributed by atoms with E-state index in [2.05, 4.69) is 17.2 Å². The van der Waals surface area contributed by atoms with E-state index >= 15 is 0 Å². The number of thiazole rings is 1. The highest BCUT2D eigenvalue weighted by Crippen LogP contribution is 2.25. The molecule has 21 heavy (non-hydrogen) atoms. The first kappa shape index (κ1) is 16.1. The van der Waals surface area contributed by atoms with Crippen molar-refractivity contribution in [2.75, 3.05) is 16.8 Å². The lowest BCUT2D eigenvalue weighted by Crippen LogP contribution is -2.37. The van der Waals surface area contributed by atoms with Gasteiger partial charge in [-0.15, -0.1) is 11.3 Å². The number of nitriles is 1. The molecular formula is C13H14N4OS3. The predicted octanol–water partition coefficient (Wildman–Crippen LogP) is 2.84. The van der Waals surface area contributed by atoms with Gasteiger partial charge in [0.1, 0.15) is 6.07 Å². The first-order valence-corrected chi connectivity index (χ1v) is 9.56. The second kappa shape index (κ2) is 7.66. The summed E-state index contributed by atoms with van der Waals surface area (Å²) in [5, 5.41) is 12.0. The molecule has 1 aromatic heterocycles. The quantitative estimate of drug-likeness (QED) is 0.621. The summed E-state index contributed by atoms with van der Waals surface area (Å²) in [6.45, 7) is 2.06. The zero-order chi connectivity index (χ0) is 15.2. The molecule has 3 N–H and O–H groups in total. The summed E-state index contributed by atoms with van der Waals surface area (Å²) in [4.78, 5) is 16.1. The van der Waals surface area contributed by atoms with Crippen LogP contribution in [0.4, 0.5) is 5.69 Å². The van der Waals surface area contributed by atoms with Crippen molar-refractivity contribution in [2.45, 2.75) is 13.0 Å². The topological polar surface area (TPSA) is 91.8 Å². The fourth-order valence-corrected chi connectivity index (χ4v) is 4.16. The highest BCUT2D eigenvalue weighted by atomic mass is 33.1. The van der Waals surface area contributed by atoms with Crippen molar-refractivity contribution < 1.29 is 4.79 Å². The fraction of sp³-hybridized carbons (Fsp3) is 0.308. The SMILES string of the molecule is CCSSCC(N)C(=O)Nc1ccc2nc(C#N)sc2c1. The number of benzene rings is 1. The number of amides is 1. The van der Waals surface area contributed by atoms with Crippen molar-refractivity contribution in [2.24, 2.45) is 5.73 Å². The maximum Gasteiger partial charge on any atom is 0.242 e. The number of nitrogens with two attached hydrogens (primary N) is 1. The Hall–Kier alpha value is -1.27. The molecule has 1 unspecified atom stereocenters. The van der Waals surface area contributed by atoms with Gasteiger partial charge in [0.05, 0.1) is 16.3 Å². The van der Waals surface area contributed by atoms with Gasteiger partial charge in [0, 0.05) is 17.2 Å². The number of aromatic nitrogens is 1. The maximum atomic E-state index is 12.0. The minimum absolute atomic E-state index is 0.205. The van der Waals surface area contributed by atoms with Crippen LogP contribution in [0.5, 0.6) is 0 Å². The third-order valence-corrected chi connectivity index (χ3v) is 5.97. The molecule has 0 spiro atoms. The Morgan fingerprint density at radius 2 is 2.38 bits per heavy atom. The van der Waals surface area contributed by atoms with E-state index in [-0.39, 0.29) is 5.91 Å². The van der Waals surface area contributed by atoms with Gasteiger partial charge in [0.2, 0.25) is 5.91 Å². The van der Waals surface area contributed by atoms with Gasteiger partial charge in [0.25, 0.3) is 0 Å². The van der Waals surface area contributed by atoms with Crippen LogP contribution >= 0.6 is 32.9 Å². The minimum Gasteiger partial charge on any atom is -0.325 e. The van der Waals surface area contributed by atoms with Crippen molar-refractivity contribution in [1.29, 1.82) is 5.26 Å². The van der Waals surface area contributed by atoms with E-state index in [1.54, 1.807) is 33.7 Å². The largest absolute Gasteiger partial charge is 0.325 e. The molecule has 1 aromatic carbocycles. The molecule has 8 heteroatoms. The summed E-state index contributed by atoms with van der Waals surface area (Å²) in [5.74, 6) is 1.36. The van der Waals surface area contributed by atoms with Gasteiger partial charge in [-0.25, -0.2) is 4.98 Å². The van der Waals surface area contributed by atoms with Crippen LogP contribution in [0, 0.1) is 11.3 Å². The van der Waals surface area contributed by atoms with Gasteiger partial charge in [-0.1, -0.05) is 28.5 Å². The van der Waals surface area contributed by atoms with Crippen molar-refractivity contribution in [3.8, 4) is 6.07 Å². The standard InChI is InChI=1S/C13H14N4OS3/c1-2-19-20-7-9(15)13(18)16-8-3-4-10-11(5-8)21-12(6-14)17-10/h3-5,9H,2,7,15H2,1H3,(H,16,18). The summed E-state index contributed by atoms with van der Waals surface area (Å²) in [6, 6.07) is 6.84. The molecule has 2 rings (SSSR count). The monoisotopic (exact) mass is 338 g/mol. The van der Waals surface area contributed by atoms with E-state index in [0.717, 1.165) is 16.0 Å². The molecule has 1 atom stereocenters. The average molecular weight is 338 g/mol. The number of hydrogen-bond acceptors (Lipinski definition) is 7. The number of nitrogens with one attached hydrogen (secondary N) is 1. The molecule has 2 aromatic rings. The van der Waals surface area contributed by atoms with Crippen LogP contribution in [0.1, 0.15) is 11.9 Å². The van der Waals surface area contributed by atoms with Gasteiger partial charge in [-0.2, -0.15) is 5.26 Å². The molecule has 0 saturated carbocycles. The van der Waals surface area contributed by atoms with E-state index in [1.165, 1.54) is 11.3 Å². The molecule has 0 aliphatic carbocycles. The Morgan fingerprint density at radius 3 is 3.10 bits per heavy atom. The van der Waals surface area contributed by atoms with E-state index in [9.17, 15) is 4.79 Å². The Balaban J connectivity index is 2.02. The molecule has 0 aliphatic rings. The van der Waals surface area contributed by atoms with E-state index in [4.69, 9.17) is 11.0 Å². The maximum absolute atomic E-state index is 12.0. The zero-order valence-corrected chi connectivity index (χ0v) is 13.8. The average Bonchev–Trinajstić information content (AvgIpc) is 2.89. The molecule has 0 saturated heterocycles. The van der Waals surface area contributed by atoms with Gasteiger partial charge >= 0.3 is 0 Å². The molecular weight excluding hydrogens is 324 g/mol. The molecule has 5 nitrogen and oxygen atoms in total. The molecule has 1 heterocycles. The smallest absolute Gasteiger partial charge is 0.242 e. The zero-order valence-electron chi connectivity index (χ0n) is 11.3. The lowest BCUT2D eigenvalue weighted by atomic mass is 10.2. The minimum atomic E-state index is -0.541. The molecule has 1 amide bonds. The van der Waals surface area contributed by atoms with Crippen LogP contribution in [0.15, 0.2) is 18.2 Å². The second-order valence-electron chi connectivity index (χ2n) is 4.10. The number of anilines is 1.